The molecule has 1 atom stereocenters. The van der Waals surface area contributed by atoms with Gasteiger partial charge in [0.05, 0.1) is 11.7 Å². The first-order valence-corrected chi connectivity index (χ1v) is 6.98. The normalized spacial score (nSPS) is 18.5. The van der Waals surface area contributed by atoms with Crippen LogP contribution in [0, 0.1) is 5.82 Å². The largest absolute Gasteiger partial charge is 0.419 e. The number of hydrogen-bond donors (Lipinski definition) is 1. The Morgan fingerprint density at radius 1 is 1.22 bits per heavy atom. The van der Waals surface area contributed by atoms with E-state index in [0.29, 0.717) is 31.4 Å². The summed E-state index contributed by atoms with van der Waals surface area (Å²) in [5.41, 5.74) is -1.26. The molecule has 0 amide bonds. The summed E-state index contributed by atoms with van der Waals surface area (Å²) in [7, 11) is 0. The van der Waals surface area contributed by atoms with E-state index in [2.05, 4.69) is 9.97 Å². The second-order valence-electron chi connectivity index (χ2n) is 5.32. The zero-order chi connectivity index (χ0) is 16.6. The fraction of sp³-hybridized carbons (Fsp3) is 0.333. The van der Waals surface area contributed by atoms with Crippen LogP contribution in [0.3, 0.4) is 0 Å². The molecular formula is C15H13F4N3O. The van der Waals surface area contributed by atoms with E-state index in [9.17, 15) is 22.7 Å². The number of benzene rings is 1. The number of nitrogens with zero attached hydrogens (tertiary/aromatic N) is 3. The number of aliphatic hydroxyl groups excluding tert-OH is 1. The van der Waals surface area contributed by atoms with Gasteiger partial charge in [0.25, 0.3) is 0 Å². The summed E-state index contributed by atoms with van der Waals surface area (Å²) in [6.45, 7) is 1.02. The molecule has 0 bridgehead atoms. The summed E-state index contributed by atoms with van der Waals surface area (Å²) in [4.78, 5) is 10.0. The maximum Gasteiger partial charge on any atom is 0.419 e. The van der Waals surface area contributed by atoms with Crippen molar-refractivity contribution in [3.63, 3.8) is 0 Å². The van der Waals surface area contributed by atoms with Crippen LogP contribution < -0.4 is 4.90 Å². The Hall–Kier alpha value is -2.22. The van der Waals surface area contributed by atoms with Crippen LogP contribution in [0.1, 0.15) is 12.0 Å². The summed E-state index contributed by atoms with van der Waals surface area (Å²) in [5.74, 6) is -0.737. The Kier molecular flexibility index (Phi) is 3.93. The third-order valence-electron chi connectivity index (χ3n) is 3.66. The molecule has 0 radical (unpaired) electrons. The van der Waals surface area contributed by atoms with Crippen LogP contribution in [0.5, 0.6) is 0 Å². The first-order chi connectivity index (χ1) is 10.8. The molecule has 0 aliphatic carbocycles. The van der Waals surface area contributed by atoms with Crippen molar-refractivity contribution < 1.29 is 22.7 Å². The summed E-state index contributed by atoms with van der Waals surface area (Å²) in [5, 5.41) is 9.55. The van der Waals surface area contributed by atoms with Gasteiger partial charge in [0.1, 0.15) is 11.6 Å². The molecular weight excluding hydrogens is 314 g/mol. The van der Waals surface area contributed by atoms with Gasteiger partial charge >= 0.3 is 6.18 Å². The first-order valence-electron chi connectivity index (χ1n) is 6.98. The Morgan fingerprint density at radius 2 is 2.00 bits per heavy atom. The molecule has 0 spiro atoms. The van der Waals surface area contributed by atoms with Crippen molar-refractivity contribution in [1.29, 1.82) is 0 Å². The zero-order valence-corrected chi connectivity index (χ0v) is 11.9. The van der Waals surface area contributed by atoms with Gasteiger partial charge in [-0.3, -0.25) is 0 Å². The van der Waals surface area contributed by atoms with Gasteiger partial charge in [-0.1, -0.05) is 0 Å². The Balaban J connectivity index is 1.96. The molecule has 2 aromatic rings. The molecule has 1 aliphatic heterocycles. The first kappa shape index (κ1) is 15.7. The van der Waals surface area contributed by atoms with Crippen molar-refractivity contribution in [2.75, 3.05) is 18.0 Å². The van der Waals surface area contributed by atoms with Crippen LogP contribution in [0.2, 0.25) is 0 Å². The quantitative estimate of drug-likeness (QED) is 0.862. The molecule has 1 aromatic carbocycles. The molecule has 1 aromatic heterocycles. The second kappa shape index (κ2) is 5.77. The van der Waals surface area contributed by atoms with Crippen LogP contribution in [0.25, 0.3) is 11.4 Å². The number of halogens is 4. The van der Waals surface area contributed by atoms with Gasteiger partial charge in [0.15, 0.2) is 5.82 Å². The van der Waals surface area contributed by atoms with Crippen molar-refractivity contribution in [2.24, 2.45) is 0 Å². The fourth-order valence-electron chi connectivity index (χ4n) is 2.50. The van der Waals surface area contributed by atoms with E-state index < -0.39 is 23.7 Å². The average Bonchev–Trinajstić information content (AvgIpc) is 2.93. The summed E-state index contributed by atoms with van der Waals surface area (Å²) in [6, 6.07) is 4.29. The predicted molar refractivity (Wildman–Crippen MR) is 75.3 cm³/mol. The molecule has 0 saturated carbocycles. The van der Waals surface area contributed by atoms with Gasteiger partial charge < -0.3 is 10.0 Å². The van der Waals surface area contributed by atoms with Crippen molar-refractivity contribution in [1.82, 2.24) is 9.97 Å². The summed E-state index contributed by atoms with van der Waals surface area (Å²) in [6.07, 6.45) is -3.19. The smallest absolute Gasteiger partial charge is 0.391 e. The molecule has 122 valence electrons. The Labute approximate surface area is 129 Å². The number of alkyl halides is 3. The number of hydrogen-bond acceptors (Lipinski definition) is 4. The molecule has 8 heteroatoms. The van der Waals surface area contributed by atoms with Gasteiger partial charge in [-0.15, -0.1) is 0 Å². The molecule has 1 fully saturated rings. The zero-order valence-electron chi connectivity index (χ0n) is 11.9. The van der Waals surface area contributed by atoms with E-state index in [1.807, 2.05) is 4.90 Å². The van der Waals surface area contributed by atoms with Crippen LogP contribution in [-0.4, -0.2) is 34.3 Å². The molecule has 0 unspecified atom stereocenters. The molecule has 3 rings (SSSR count). The fourth-order valence-corrected chi connectivity index (χ4v) is 2.50. The highest BCUT2D eigenvalue weighted by molar-refractivity contribution is 5.59. The summed E-state index contributed by atoms with van der Waals surface area (Å²) >= 11 is 0. The minimum atomic E-state index is -4.78. The maximum atomic E-state index is 13.4. The standard InChI is InChI=1S/C15H13F4N3O/c16-12-2-1-9(7-11(12)15(17,18)19)14-20-5-3-13(21-14)22-6-4-10(23)8-22/h1-3,5,7,10,23H,4,6,8H2/t10-/m0/s1. The number of aromatic nitrogens is 2. The van der Waals surface area contributed by atoms with Crippen LogP contribution >= 0.6 is 0 Å². The van der Waals surface area contributed by atoms with Crippen LogP contribution in [0.15, 0.2) is 30.5 Å². The van der Waals surface area contributed by atoms with Crippen molar-refractivity contribution in [3.8, 4) is 11.4 Å². The Morgan fingerprint density at radius 3 is 2.65 bits per heavy atom. The van der Waals surface area contributed by atoms with E-state index >= 15 is 0 Å². The van der Waals surface area contributed by atoms with E-state index in [0.717, 1.165) is 6.07 Å². The summed E-state index contributed by atoms with van der Waals surface area (Å²) < 4.78 is 51.7. The van der Waals surface area contributed by atoms with E-state index in [4.69, 9.17) is 0 Å². The molecule has 1 N–H and O–H groups in total. The third-order valence-corrected chi connectivity index (χ3v) is 3.66. The van der Waals surface area contributed by atoms with Crippen molar-refractivity contribution in [2.45, 2.75) is 18.7 Å². The topological polar surface area (TPSA) is 49.2 Å². The number of rotatable bonds is 2. The lowest BCUT2D eigenvalue weighted by molar-refractivity contribution is -0.139. The van der Waals surface area contributed by atoms with Crippen molar-refractivity contribution >= 4 is 5.82 Å². The molecule has 1 aliphatic rings. The average molecular weight is 327 g/mol. The molecule has 2 heterocycles. The lowest BCUT2D eigenvalue weighted by atomic mass is 10.1. The molecule has 23 heavy (non-hydrogen) atoms. The third kappa shape index (κ3) is 3.26. The van der Waals surface area contributed by atoms with Crippen LogP contribution in [0.4, 0.5) is 23.4 Å². The molecule has 1 saturated heterocycles. The highest BCUT2D eigenvalue weighted by atomic mass is 19.4. The predicted octanol–water partition coefficient (Wildman–Crippen LogP) is 2.87. The highest BCUT2D eigenvalue weighted by Crippen LogP contribution is 2.33. The SMILES string of the molecule is O[C@H]1CCN(c2ccnc(-c3ccc(F)c(C(F)(F)F)c3)n2)C1. The highest BCUT2D eigenvalue weighted by Gasteiger charge is 2.34. The number of β-amino-alcohol motifs (C(OH)–C–C–N with tert-alkyl or cyclic N) is 1. The number of anilines is 1. The lowest BCUT2D eigenvalue weighted by Gasteiger charge is -2.17. The molecule has 4 nitrogen and oxygen atoms in total. The van der Waals surface area contributed by atoms with E-state index in [-0.39, 0.29) is 11.4 Å². The number of aliphatic hydroxyl groups is 1. The van der Waals surface area contributed by atoms with Gasteiger partial charge in [-0.2, -0.15) is 13.2 Å². The minimum Gasteiger partial charge on any atom is -0.391 e. The van der Waals surface area contributed by atoms with E-state index in [1.54, 1.807) is 6.07 Å². The van der Waals surface area contributed by atoms with Gasteiger partial charge in [-0.05, 0) is 30.7 Å². The van der Waals surface area contributed by atoms with Gasteiger partial charge in [-0.25, -0.2) is 14.4 Å². The van der Waals surface area contributed by atoms with E-state index in [1.165, 1.54) is 12.3 Å². The Bertz CT molecular complexity index is 720. The minimum absolute atomic E-state index is 0.0781. The maximum absolute atomic E-state index is 13.4. The van der Waals surface area contributed by atoms with Crippen LogP contribution in [-0.2, 0) is 6.18 Å². The second-order valence-corrected chi connectivity index (χ2v) is 5.32. The monoisotopic (exact) mass is 327 g/mol. The van der Waals surface area contributed by atoms with Gasteiger partial charge in [0.2, 0.25) is 0 Å². The van der Waals surface area contributed by atoms with Crippen molar-refractivity contribution in [3.05, 3.63) is 41.8 Å². The van der Waals surface area contributed by atoms with Gasteiger partial charge in [0, 0.05) is 24.8 Å². The lowest BCUT2D eigenvalue weighted by Crippen LogP contribution is -2.22.